The maximum Gasteiger partial charge on any atom is 0.329 e. The molecule has 4 heteroatoms. The van der Waals surface area contributed by atoms with Crippen LogP contribution in [0.25, 0.3) is 0 Å². The second-order valence-electron chi connectivity index (χ2n) is 5.27. The number of carbonyl (C=O) groups excluding carboxylic acids is 2. The van der Waals surface area contributed by atoms with E-state index in [1.165, 1.54) is 0 Å². The molecule has 1 saturated heterocycles. The molecule has 0 bridgehead atoms. The maximum atomic E-state index is 11.9. The van der Waals surface area contributed by atoms with Gasteiger partial charge in [0, 0.05) is 13.0 Å². The van der Waals surface area contributed by atoms with Gasteiger partial charge in [0.2, 0.25) is 5.91 Å². The first-order valence-corrected chi connectivity index (χ1v) is 5.98. The minimum Gasteiger partial charge on any atom is -0.458 e. The van der Waals surface area contributed by atoms with Crippen molar-refractivity contribution in [1.29, 1.82) is 0 Å². The van der Waals surface area contributed by atoms with Crippen LogP contribution in [0, 0.1) is 0 Å². The van der Waals surface area contributed by atoms with Crippen molar-refractivity contribution in [2.24, 2.45) is 0 Å². The first kappa shape index (κ1) is 13.7. The first-order chi connectivity index (χ1) is 7.85. The van der Waals surface area contributed by atoms with Gasteiger partial charge in [0.1, 0.15) is 11.6 Å². The minimum atomic E-state index is -0.507. The van der Waals surface area contributed by atoms with Crippen LogP contribution in [0.3, 0.4) is 0 Å². The Hall–Kier alpha value is -1.32. The Labute approximate surface area is 103 Å². The molecule has 0 aliphatic carbocycles. The van der Waals surface area contributed by atoms with Crippen molar-refractivity contribution in [3.05, 3.63) is 12.7 Å². The fourth-order valence-corrected chi connectivity index (χ4v) is 1.92. The van der Waals surface area contributed by atoms with Crippen LogP contribution in [-0.2, 0) is 14.3 Å². The molecule has 0 aromatic heterocycles. The highest BCUT2D eigenvalue weighted by atomic mass is 16.6. The Morgan fingerprint density at radius 3 is 2.65 bits per heavy atom. The summed E-state index contributed by atoms with van der Waals surface area (Å²) in [5.41, 5.74) is -0.507. The molecule has 1 fully saturated rings. The van der Waals surface area contributed by atoms with Gasteiger partial charge in [-0.2, -0.15) is 0 Å². The summed E-state index contributed by atoms with van der Waals surface area (Å²) in [4.78, 5) is 25.3. The van der Waals surface area contributed by atoms with E-state index in [2.05, 4.69) is 6.58 Å². The Balaban J connectivity index is 2.66. The molecule has 4 nitrogen and oxygen atoms in total. The van der Waals surface area contributed by atoms with Gasteiger partial charge in [-0.3, -0.25) is 4.79 Å². The van der Waals surface area contributed by atoms with Gasteiger partial charge in [0.15, 0.2) is 0 Å². The Kier molecular flexibility index (Phi) is 4.32. The average Bonchev–Trinajstić information content (AvgIpc) is 2.63. The predicted molar refractivity (Wildman–Crippen MR) is 65.4 cm³/mol. The van der Waals surface area contributed by atoms with Gasteiger partial charge >= 0.3 is 5.97 Å². The van der Waals surface area contributed by atoms with Crippen LogP contribution < -0.4 is 0 Å². The van der Waals surface area contributed by atoms with Gasteiger partial charge in [0.05, 0.1) is 0 Å². The van der Waals surface area contributed by atoms with Gasteiger partial charge in [-0.05, 0) is 33.6 Å². The standard InChI is InChI=1S/C13H21NO3/c1-5-7-11(15)14-9-6-8-10(14)12(16)17-13(2,3)4/h5,10H,1,6-9H2,2-4H3/t10-/m1/s1. The zero-order chi connectivity index (χ0) is 13.1. The van der Waals surface area contributed by atoms with Crippen LogP contribution in [0.5, 0.6) is 0 Å². The number of likely N-dealkylation sites (tertiary alicyclic amines) is 1. The summed E-state index contributed by atoms with van der Waals surface area (Å²) in [6.45, 7) is 9.66. The summed E-state index contributed by atoms with van der Waals surface area (Å²) in [5.74, 6) is -0.347. The molecule has 96 valence electrons. The van der Waals surface area contributed by atoms with Crippen LogP contribution in [0.2, 0.25) is 0 Å². The number of amides is 1. The third-order valence-electron chi connectivity index (χ3n) is 2.57. The Morgan fingerprint density at radius 1 is 1.47 bits per heavy atom. The minimum absolute atomic E-state index is 0.0478. The molecule has 1 rings (SSSR count). The molecule has 1 heterocycles. The summed E-state index contributed by atoms with van der Waals surface area (Å²) < 4.78 is 5.32. The highest BCUT2D eigenvalue weighted by Gasteiger charge is 2.36. The lowest BCUT2D eigenvalue weighted by atomic mass is 10.1. The van der Waals surface area contributed by atoms with Crippen molar-refractivity contribution in [1.82, 2.24) is 4.90 Å². The molecule has 0 aromatic rings. The normalized spacial score (nSPS) is 20.2. The molecular formula is C13H21NO3. The number of nitrogens with zero attached hydrogens (tertiary/aromatic N) is 1. The van der Waals surface area contributed by atoms with Crippen LogP contribution in [0.1, 0.15) is 40.0 Å². The van der Waals surface area contributed by atoms with E-state index in [0.717, 1.165) is 6.42 Å². The van der Waals surface area contributed by atoms with Crippen molar-refractivity contribution in [2.45, 2.75) is 51.7 Å². The lowest BCUT2D eigenvalue weighted by Gasteiger charge is -2.27. The van der Waals surface area contributed by atoms with E-state index in [1.807, 2.05) is 20.8 Å². The van der Waals surface area contributed by atoms with Gasteiger partial charge in [0.25, 0.3) is 0 Å². The van der Waals surface area contributed by atoms with E-state index >= 15 is 0 Å². The van der Waals surface area contributed by atoms with Crippen molar-refractivity contribution in [2.75, 3.05) is 6.54 Å². The smallest absolute Gasteiger partial charge is 0.329 e. The largest absolute Gasteiger partial charge is 0.458 e. The van der Waals surface area contributed by atoms with Gasteiger partial charge in [-0.1, -0.05) is 6.08 Å². The van der Waals surface area contributed by atoms with Crippen LogP contribution in [0.15, 0.2) is 12.7 Å². The molecule has 1 aliphatic heterocycles. The lowest BCUT2D eigenvalue weighted by Crippen LogP contribution is -2.43. The summed E-state index contributed by atoms with van der Waals surface area (Å²) in [7, 11) is 0. The van der Waals surface area contributed by atoms with E-state index in [-0.39, 0.29) is 18.3 Å². The fourth-order valence-electron chi connectivity index (χ4n) is 1.92. The van der Waals surface area contributed by atoms with Crippen molar-refractivity contribution in [3.8, 4) is 0 Å². The molecule has 1 atom stereocenters. The zero-order valence-electron chi connectivity index (χ0n) is 10.9. The van der Waals surface area contributed by atoms with E-state index in [4.69, 9.17) is 4.74 Å². The molecule has 0 aromatic carbocycles. The van der Waals surface area contributed by atoms with Crippen LogP contribution in [0.4, 0.5) is 0 Å². The summed E-state index contributed by atoms with van der Waals surface area (Å²) in [5, 5.41) is 0. The SMILES string of the molecule is C=CCC(=O)N1CCC[C@@H]1C(=O)OC(C)(C)C. The predicted octanol–water partition coefficient (Wildman–Crippen LogP) is 1.90. The molecule has 0 spiro atoms. The molecule has 0 N–H and O–H groups in total. The first-order valence-electron chi connectivity index (χ1n) is 5.98. The van der Waals surface area contributed by atoms with Gasteiger partial charge in [-0.15, -0.1) is 6.58 Å². The number of hydrogen-bond donors (Lipinski definition) is 0. The quantitative estimate of drug-likeness (QED) is 0.558. The third kappa shape index (κ3) is 3.88. The monoisotopic (exact) mass is 239 g/mol. The molecule has 1 amide bonds. The van der Waals surface area contributed by atoms with Crippen LogP contribution >= 0.6 is 0 Å². The topological polar surface area (TPSA) is 46.6 Å². The lowest BCUT2D eigenvalue weighted by molar-refractivity contribution is -0.163. The number of rotatable bonds is 3. The highest BCUT2D eigenvalue weighted by Crippen LogP contribution is 2.21. The second kappa shape index (κ2) is 5.34. The Morgan fingerprint density at radius 2 is 2.12 bits per heavy atom. The fraction of sp³-hybridized carbons (Fsp3) is 0.692. The van der Waals surface area contributed by atoms with Gasteiger partial charge < -0.3 is 9.64 Å². The Bertz CT molecular complexity index is 317. The zero-order valence-corrected chi connectivity index (χ0v) is 10.9. The molecular weight excluding hydrogens is 218 g/mol. The second-order valence-corrected chi connectivity index (χ2v) is 5.27. The summed E-state index contributed by atoms with van der Waals surface area (Å²) in [6, 6.07) is -0.415. The number of ether oxygens (including phenoxy) is 1. The van der Waals surface area contributed by atoms with E-state index in [0.29, 0.717) is 13.0 Å². The van der Waals surface area contributed by atoms with E-state index < -0.39 is 11.6 Å². The van der Waals surface area contributed by atoms with Crippen molar-refractivity contribution < 1.29 is 14.3 Å². The number of carbonyl (C=O) groups is 2. The van der Waals surface area contributed by atoms with Gasteiger partial charge in [-0.25, -0.2) is 4.79 Å². The van der Waals surface area contributed by atoms with Crippen molar-refractivity contribution in [3.63, 3.8) is 0 Å². The summed E-state index contributed by atoms with van der Waals surface area (Å²) >= 11 is 0. The highest BCUT2D eigenvalue weighted by molar-refractivity contribution is 5.86. The average molecular weight is 239 g/mol. The molecule has 0 radical (unpaired) electrons. The molecule has 0 saturated carbocycles. The number of hydrogen-bond acceptors (Lipinski definition) is 3. The van der Waals surface area contributed by atoms with Crippen molar-refractivity contribution >= 4 is 11.9 Å². The number of esters is 1. The third-order valence-corrected chi connectivity index (χ3v) is 2.57. The van der Waals surface area contributed by atoms with E-state index in [1.54, 1.807) is 11.0 Å². The van der Waals surface area contributed by atoms with E-state index in [9.17, 15) is 9.59 Å². The maximum absolute atomic E-state index is 11.9. The molecule has 17 heavy (non-hydrogen) atoms. The summed E-state index contributed by atoms with van der Waals surface area (Å²) in [6.07, 6.45) is 3.39. The van der Waals surface area contributed by atoms with Crippen LogP contribution in [-0.4, -0.2) is 35.0 Å². The molecule has 1 aliphatic rings. The molecule has 0 unspecified atom stereocenters.